The van der Waals surface area contributed by atoms with Gasteiger partial charge < -0.3 is 89.9 Å². The highest BCUT2D eigenvalue weighted by molar-refractivity contribution is 5.90. The Bertz CT molecular complexity index is 2420. The summed E-state index contributed by atoms with van der Waals surface area (Å²) in [4.78, 5) is 26.7. The maximum Gasteiger partial charge on any atom is 0.317 e. The predicted molar refractivity (Wildman–Crippen MR) is 217 cm³/mol. The smallest absolute Gasteiger partial charge is 0.317 e. The van der Waals surface area contributed by atoms with E-state index >= 15 is 0 Å². The van der Waals surface area contributed by atoms with Crippen LogP contribution in [0.2, 0.25) is 0 Å². The van der Waals surface area contributed by atoms with E-state index in [1.807, 2.05) is 53.2 Å². The lowest BCUT2D eigenvalue weighted by molar-refractivity contribution is -0.291. The van der Waals surface area contributed by atoms with Crippen LogP contribution in [0.25, 0.3) is 10.9 Å². The van der Waals surface area contributed by atoms with Gasteiger partial charge in [-0.15, -0.1) is 0 Å². The van der Waals surface area contributed by atoms with Crippen LogP contribution in [-0.4, -0.2) is 126 Å². The monoisotopic (exact) mass is 876 g/mol. The molecule has 3 aliphatic rings. The van der Waals surface area contributed by atoms with E-state index in [4.69, 9.17) is 49.7 Å². The second-order valence-corrected chi connectivity index (χ2v) is 15.4. The van der Waals surface area contributed by atoms with E-state index in [-0.39, 0.29) is 43.6 Å². The number of carbonyl (C=O) groups excluding carboxylic acids is 1. The van der Waals surface area contributed by atoms with Gasteiger partial charge in [0.25, 0.3) is 0 Å². The first-order chi connectivity index (χ1) is 30.4. The summed E-state index contributed by atoms with van der Waals surface area (Å²) in [5, 5.41) is 73.1. The highest BCUT2D eigenvalue weighted by atomic mass is 16.7. The lowest BCUT2D eigenvalue weighted by Gasteiger charge is -2.43. The number of nitrogens with two attached hydrogens (primary N) is 2. The molecule has 5 aromatic rings. The van der Waals surface area contributed by atoms with Crippen LogP contribution in [0.3, 0.4) is 0 Å². The summed E-state index contributed by atoms with van der Waals surface area (Å²) >= 11 is 0. The third kappa shape index (κ3) is 8.60. The van der Waals surface area contributed by atoms with Gasteiger partial charge in [0.2, 0.25) is 12.0 Å². The van der Waals surface area contributed by atoms with E-state index in [1.165, 1.54) is 0 Å². The van der Waals surface area contributed by atoms with E-state index in [1.54, 1.807) is 24.4 Å². The van der Waals surface area contributed by atoms with Gasteiger partial charge in [0.05, 0.1) is 36.5 Å². The van der Waals surface area contributed by atoms with Crippen molar-refractivity contribution >= 4 is 22.8 Å². The molecule has 0 aliphatic carbocycles. The predicted octanol–water partition coefficient (Wildman–Crippen LogP) is 0.247. The number of carboxylic acids is 1. The zero-order chi connectivity index (χ0) is 44.5. The van der Waals surface area contributed by atoms with Gasteiger partial charge in [0.15, 0.2) is 24.4 Å². The number of fused-ring (bicyclic) bond motifs is 6. The number of aromatic amines is 1. The van der Waals surface area contributed by atoms with Crippen molar-refractivity contribution in [3.8, 4) is 28.7 Å². The van der Waals surface area contributed by atoms with Crippen LogP contribution in [0.5, 0.6) is 28.7 Å². The second kappa shape index (κ2) is 18.4. The molecule has 0 amide bonds. The van der Waals surface area contributed by atoms with Crippen molar-refractivity contribution in [2.45, 2.75) is 87.1 Å². The van der Waals surface area contributed by atoms with Crippen molar-refractivity contribution in [2.24, 2.45) is 11.5 Å². The van der Waals surface area contributed by atoms with Crippen LogP contribution < -0.4 is 35.2 Å². The third-order valence-corrected chi connectivity index (χ3v) is 11.4. The highest BCUT2D eigenvalue weighted by Gasteiger charge is 2.52. The molecule has 20 heteroatoms. The summed E-state index contributed by atoms with van der Waals surface area (Å²) in [6.45, 7) is -1.27. The number of aliphatic hydroxyl groups excluding tert-OH is 6. The molecule has 9 atom stereocenters. The molecule has 12 N–H and O–H groups in total. The molecule has 0 bridgehead atoms. The van der Waals surface area contributed by atoms with Crippen LogP contribution in [0.1, 0.15) is 46.4 Å². The van der Waals surface area contributed by atoms with Crippen LogP contribution in [-0.2, 0) is 38.6 Å². The van der Waals surface area contributed by atoms with Crippen molar-refractivity contribution < 1.29 is 78.5 Å². The van der Waals surface area contributed by atoms with Crippen LogP contribution >= 0.6 is 0 Å². The zero-order valence-electron chi connectivity index (χ0n) is 33.6. The molecule has 5 heterocycles. The molecule has 0 saturated carbocycles. The fourth-order valence-corrected chi connectivity index (χ4v) is 8.62. The number of hydrogen-bond donors (Lipinski definition) is 10. The summed E-state index contributed by atoms with van der Waals surface area (Å²) < 4.78 is 44.5. The number of ether oxygens (including phenoxy) is 7. The van der Waals surface area contributed by atoms with E-state index < -0.39 is 86.3 Å². The van der Waals surface area contributed by atoms with Crippen LogP contribution in [0.4, 0.5) is 0 Å². The number of carboxylic acid groups (broad SMARTS) is 1. The standard InChI is InChI=1S/C43H48N4O16/c44-42(45)41(61-30(53)15-29(51)52)40-35(55)34(54)36(56)43(63-40)59-23-13-22(17-47-16-21-8-9-46-33(21)25(47)18-49)31-28(14-23)60-27(12-20-4-2-1-3-5-20)32-24-6-7-26(58-19-50)38(57-11-10-48)37(24)62-39(31)32/h1-9,13-14,16,27,32,34-36,39-43,46,48-50,54-56H,10-12,15,17-19,44-45H2,(H,51,52). The van der Waals surface area contributed by atoms with Gasteiger partial charge in [-0.25, -0.2) is 0 Å². The first-order valence-electron chi connectivity index (χ1n) is 20.1. The second-order valence-electron chi connectivity index (χ2n) is 15.4. The number of nitrogens with one attached hydrogen (secondary N) is 1. The largest absolute Gasteiger partial charge is 0.489 e. The average Bonchev–Trinajstić information content (AvgIpc) is 3.96. The number of benzene rings is 3. The first kappa shape index (κ1) is 43.7. The molecule has 3 aliphatic heterocycles. The number of hydrogen-bond acceptors (Lipinski definition) is 17. The van der Waals surface area contributed by atoms with Gasteiger partial charge in [-0.1, -0.05) is 36.4 Å². The molecule has 1 saturated heterocycles. The Hall–Kier alpha value is -5.94. The molecular weight excluding hydrogens is 828 g/mol. The minimum atomic E-state index is -1.94. The number of H-pyrrole nitrogens is 1. The van der Waals surface area contributed by atoms with Gasteiger partial charge >= 0.3 is 11.9 Å². The Labute approximate surface area is 358 Å². The molecule has 63 heavy (non-hydrogen) atoms. The first-order valence-corrected chi connectivity index (χ1v) is 20.1. The quantitative estimate of drug-likeness (QED) is 0.0340. The normalized spacial score (nSPS) is 24.1. The van der Waals surface area contributed by atoms with E-state index in [0.717, 1.165) is 22.0 Å². The number of rotatable bonds is 17. The van der Waals surface area contributed by atoms with E-state index in [0.29, 0.717) is 34.7 Å². The van der Waals surface area contributed by atoms with Crippen molar-refractivity contribution in [2.75, 3.05) is 20.0 Å². The number of carbonyl (C=O) groups is 2. The van der Waals surface area contributed by atoms with Crippen molar-refractivity contribution in [3.05, 3.63) is 101 Å². The van der Waals surface area contributed by atoms with Crippen LogP contribution in [0, 0.1) is 0 Å². The highest BCUT2D eigenvalue weighted by Crippen LogP contribution is 2.59. The van der Waals surface area contributed by atoms with E-state index in [9.17, 15) is 40.2 Å². The Morgan fingerprint density at radius 3 is 2.44 bits per heavy atom. The van der Waals surface area contributed by atoms with Gasteiger partial charge in [0, 0.05) is 47.9 Å². The van der Waals surface area contributed by atoms with Gasteiger partial charge in [0.1, 0.15) is 61.2 Å². The summed E-state index contributed by atoms with van der Waals surface area (Å²) in [5.74, 6) is -2.16. The molecule has 3 aromatic carbocycles. The SMILES string of the molecule is NC(N)C(OC(=O)CC(=O)O)C1OC(Oc2cc(Cn3cc4cc[nH]c4c3CO)c3c(c2)OC(Cc2ccccc2)C2c4ccc(OCO)c(OCCO)c4OC32)C(O)C(O)C1O. The topological polar surface area (TPSA) is 313 Å². The molecule has 8 rings (SSSR count). The van der Waals surface area contributed by atoms with Gasteiger partial charge in [-0.05, 0) is 29.3 Å². The maximum atomic E-state index is 12.4. The van der Waals surface area contributed by atoms with Crippen LogP contribution in [0.15, 0.2) is 73.1 Å². The lowest BCUT2D eigenvalue weighted by atomic mass is 9.80. The molecule has 9 unspecified atom stereocenters. The Morgan fingerprint density at radius 1 is 0.937 bits per heavy atom. The van der Waals surface area contributed by atoms with Gasteiger partial charge in [-0.2, -0.15) is 0 Å². The Kier molecular flexibility index (Phi) is 12.8. The van der Waals surface area contributed by atoms with Crippen molar-refractivity contribution in [3.63, 3.8) is 0 Å². The Morgan fingerprint density at radius 2 is 1.73 bits per heavy atom. The number of nitrogens with zero attached hydrogens (tertiary/aromatic N) is 1. The lowest BCUT2D eigenvalue weighted by Crippen LogP contribution is -2.66. The fourth-order valence-electron chi connectivity index (χ4n) is 8.62. The molecule has 20 nitrogen and oxygen atoms in total. The summed E-state index contributed by atoms with van der Waals surface area (Å²) in [6.07, 6.45) is -10.8. The minimum absolute atomic E-state index is 0.0490. The minimum Gasteiger partial charge on any atom is -0.489 e. The van der Waals surface area contributed by atoms with Crippen molar-refractivity contribution in [1.82, 2.24) is 9.55 Å². The molecule has 0 spiro atoms. The summed E-state index contributed by atoms with van der Waals surface area (Å²) in [6, 6.07) is 18.2. The number of aromatic nitrogens is 2. The Balaban J connectivity index is 1.23. The number of aliphatic hydroxyl groups is 6. The summed E-state index contributed by atoms with van der Waals surface area (Å²) in [7, 11) is 0. The zero-order valence-corrected chi connectivity index (χ0v) is 33.6. The van der Waals surface area contributed by atoms with Crippen molar-refractivity contribution in [1.29, 1.82) is 0 Å². The molecule has 0 radical (unpaired) electrons. The molecule has 2 aromatic heterocycles. The third-order valence-electron chi connectivity index (χ3n) is 11.4. The fraction of sp³-hybridized carbons (Fsp3) is 0.395. The van der Waals surface area contributed by atoms with E-state index in [2.05, 4.69) is 4.98 Å². The molecular formula is C43H48N4O16. The number of aliphatic carboxylic acids is 1. The number of esters is 1. The molecule has 336 valence electrons. The maximum absolute atomic E-state index is 12.4. The molecule has 1 fully saturated rings. The van der Waals surface area contributed by atoms with Gasteiger partial charge in [-0.3, -0.25) is 9.59 Å². The average molecular weight is 877 g/mol. The summed E-state index contributed by atoms with van der Waals surface area (Å²) in [5.41, 5.74) is 15.9.